The van der Waals surface area contributed by atoms with Crippen LogP contribution in [0.2, 0.25) is 0 Å². The first-order chi connectivity index (χ1) is 8.70. The van der Waals surface area contributed by atoms with Crippen molar-refractivity contribution in [3.05, 3.63) is 36.0 Å². The summed E-state index contributed by atoms with van der Waals surface area (Å²) in [6, 6.07) is 0. The van der Waals surface area contributed by atoms with E-state index in [9.17, 15) is 4.79 Å². The molecule has 0 radical (unpaired) electrons. The van der Waals surface area contributed by atoms with Crippen LogP contribution in [0.25, 0.3) is 0 Å². The van der Waals surface area contributed by atoms with Crippen molar-refractivity contribution in [2.75, 3.05) is 13.1 Å². The second kappa shape index (κ2) is 12.3. The summed E-state index contributed by atoms with van der Waals surface area (Å²) in [5, 5.41) is 3.39. The summed E-state index contributed by atoms with van der Waals surface area (Å²) in [7, 11) is 0. The molecule has 0 unspecified atom stereocenters. The third-order valence-electron chi connectivity index (χ3n) is 2.83. The summed E-state index contributed by atoms with van der Waals surface area (Å²) in [6.45, 7) is 9.98. The monoisotopic (exact) mass is 249 g/mol. The Labute approximate surface area is 112 Å². The van der Waals surface area contributed by atoms with Crippen molar-refractivity contribution < 1.29 is 4.79 Å². The molecule has 0 heterocycles. The van der Waals surface area contributed by atoms with E-state index in [4.69, 9.17) is 0 Å². The zero-order valence-corrected chi connectivity index (χ0v) is 11.9. The second-order valence-electron chi connectivity index (χ2n) is 4.67. The number of carbonyl (C=O) groups excluding carboxylic acids is 1. The highest BCUT2D eigenvalue weighted by molar-refractivity contribution is 5.65. The summed E-state index contributed by atoms with van der Waals surface area (Å²) in [6.07, 6.45) is 12.1. The van der Waals surface area contributed by atoms with Crippen molar-refractivity contribution in [1.29, 1.82) is 0 Å². The summed E-state index contributed by atoms with van der Waals surface area (Å²) in [5.74, 6) is 0. The van der Waals surface area contributed by atoms with Crippen LogP contribution in [-0.4, -0.2) is 19.4 Å². The largest absolute Gasteiger partial charge is 0.316 e. The normalized spacial score (nSPS) is 12.6. The van der Waals surface area contributed by atoms with Gasteiger partial charge in [-0.15, -0.1) is 6.58 Å². The number of hydrogen-bond donors (Lipinski definition) is 1. The third-order valence-corrected chi connectivity index (χ3v) is 2.83. The Morgan fingerprint density at radius 2 is 1.89 bits per heavy atom. The van der Waals surface area contributed by atoms with Gasteiger partial charge in [0.05, 0.1) is 0 Å². The predicted octanol–water partition coefficient (Wildman–Crippen LogP) is 3.80. The molecule has 2 nitrogen and oxygen atoms in total. The highest BCUT2D eigenvalue weighted by atomic mass is 16.1. The molecule has 0 aromatic rings. The van der Waals surface area contributed by atoms with Crippen LogP contribution in [0.3, 0.4) is 0 Å². The Hall–Kier alpha value is -1.15. The van der Waals surface area contributed by atoms with Crippen molar-refractivity contribution in [2.45, 2.75) is 46.0 Å². The first-order valence-corrected chi connectivity index (χ1v) is 6.79. The average Bonchev–Trinajstić information content (AvgIpc) is 2.34. The van der Waals surface area contributed by atoms with Gasteiger partial charge in [0.1, 0.15) is 6.29 Å². The fourth-order valence-corrected chi connectivity index (χ4v) is 1.67. The molecule has 0 amide bonds. The number of nitrogens with one attached hydrogen (secondary N) is 1. The van der Waals surface area contributed by atoms with E-state index in [-0.39, 0.29) is 0 Å². The van der Waals surface area contributed by atoms with Crippen LogP contribution in [0, 0.1) is 0 Å². The molecule has 0 aliphatic heterocycles. The SMILES string of the molecule is C=CCCNCCCC(C)=CCCC(C)=CC=O. The molecule has 0 aromatic heterocycles. The summed E-state index contributed by atoms with van der Waals surface area (Å²) in [5.41, 5.74) is 2.60. The lowest BCUT2D eigenvalue weighted by molar-refractivity contribution is -0.104. The van der Waals surface area contributed by atoms with Crippen LogP contribution >= 0.6 is 0 Å². The molecule has 0 aromatic carbocycles. The van der Waals surface area contributed by atoms with Crippen LogP contribution < -0.4 is 5.32 Å². The topological polar surface area (TPSA) is 29.1 Å². The minimum atomic E-state index is 0.862. The van der Waals surface area contributed by atoms with Crippen molar-refractivity contribution in [2.24, 2.45) is 0 Å². The van der Waals surface area contributed by atoms with Gasteiger partial charge in [0.15, 0.2) is 0 Å². The molecule has 0 saturated heterocycles. The fourth-order valence-electron chi connectivity index (χ4n) is 1.67. The Bertz CT molecular complexity index is 289. The molecular weight excluding hydrogens is 222 g/mol. The van der Waals surface area contributed by atoms with E-state index < -0.39 is 0 Å². The number of hydrogen-bond acceptors (Lipinski definition) is 2. The van der Waals surface area contributed by atoms with Crippen molar-refractivity contribution in [3.63, 3.8) is 0 Å². The van der Waals surface area contributed by atoms with Crippen molar-refractivity contribution in [3.8, 4) is 0 Å². The van der Waals surface area contributed by atoms with Gasteiger partial charge in [0.25, 0.3) is 0 Å². The third kappa shape index (κ3) is 11.3. The van der Waals surface area contributed by atoms with E-state index >= 15 is 0 Å². The van der Waals surface area contributed by atoms with Crippen LogP contribution in [0.15, 0.2) is 36.0 Å². The molecule has 0 atom stereocenters. The zero-order valence-electron chi connectivity index (χ0n) is 11.9. The molecule has 18 heavy (non-hydrogen) atoms. The van der Waals surface area contributed by atoms with Gasteiger partial charge < -0.3 is 5.32 Å². The van der Waals surface area contributed by atoms with Crippen LogP contribution in [0.1, 0.15) is 46.0 Å². The summed E-state index contributed by atoms with van der Waals surface area (Å²) >= 11 is 0. The molecule has 0 spiro atoms. The highest BCUT2D eigenvalue weighted by Crippen LogP contribution is 2.09. The lowest BCUT2D eigenvalue weighted by Crippen LogP contribution is -2.15. The van der Waals surface area contributed by atoms with Gasteiger partial charge in [0.2, 0.25) is 0 Å². The van der Waals surface area contributed by atoms with Gasteiger partial charge in [0, 0.05) is 0 Å². The van der Waals surface area contributed by atoms with Gasteiger partial charge in [-0.25, -0.2) is 0 Å². The Kier molecular flexibility index (Phi) is 11.5. The van der Waals surface area contributed by atoms with Gasteiger partial charge in [-0.3, -0.25) is 4.79 Å². The first-order valence-electron chi connectivity index (χ1n) is 6.79. The van der Waals surface area contributed by atoms with E-state index in [1.54, 1.807) is 6.08 Å². The summed E-state index contributed by atoms with van der Waals surface area (Å²) < 4.78 is 0. The van der Waals surface area contributed by atoms with E-state index in [1.165, 1.54) is 12.0 Å². The maximum Gasteiger partial charge on any atom is 0.142 e. The number of rotatable bonds is 11. The zero-order chi connectivity index (χ0) is 13.6. The highest BCUT2D eigenvalue weighted by Gasteiger charge is 1.92. The van der Waals surface area contributed by atoms with E-state index in [0.29, 0.717) is 0 Å². The minimum absolute atomic E-state index is 0.862. The molecule has 0 saturated carbocycles. The Morgan fingerprint density at radius 3 is 2.56 bits per heavy atom. The Morgan fingerprint density at radius 1 is 1.11 bits per heavy atom. The second-order valence-corrected chi connectivity index (χ2v) is 4.67. The quantitative estimate of drug-likeness (QED) is 0.261. The minimum Gasteiger partial charge on any atom is -0.316 e. The first kappa shape index (κ1) is 16.9. The standard InChI is InChI=1S/C16H27NO/c1-4-5-12-17-13-7-10-15(2)8-6-9-16(3)11-14-18/h4,8,11,14,17H,1,5-7,9-10,12-13H2,2-3H3. The molecule has 0 bridgehead atoms. The average molecular weight is 249 g/mol. The van der Waals surface area contributed by atoms with Gasteiger partial charge >= 0.3 is 0 Å². The summed E-state index contributed by atoms with van der Waals surface area (Å²) in [4.78, 5) is 10.3. The van der Waals surface area contributed by atoms with E-state index in [0.717, 1.165) is 50.6 Å². The van der Waals surface area contributed by atoms with Gasteiger partial charge in [-0.05, 0) is 65.1 Å². The van der Waals surface area contributed by atoms with Crippen molar-refractivity contribution >= 4 is 6.29 Å². The number of allylic oxidation sites excluding steroid dienone is 4. The molecule has 0 aliphatic rings. The smallest absolute Gasteiger partial charge is 0.142 e. The molecular formula is C16H27NO. The maximum absolute atomic E-state index is 10.3. The van der Waals surface area contributed by atoms with Crippen LogP contribution in [0.5, 0.6) is 0 Å². The van der Waals surface area contributed by atoms with Gasteiger partial charge in [-0.2, -0.15) is 0 Å². The number of aldehydes is 1. The molecule has 1 N–H and O–H groups in total. The predicted molar refractivity (Wildman–Crippen MR) is 79.7 cm³/mol. The van der Waals surface area contributed by atoms with E-state index in [1.807, 2.05) is 13.0 Å². The van der Waals surface area contributed by atoms with E-state index in [2.05, 4.69) is 24.9 Å². The van der Waals surface area contributed by atoms with Crippen LogP contribution in [-0.2, 0) is 4.79 Å². The Balaban J connectivity index is 3.56. The molecule has 0 fully saturated rings. The molecule has 2 heteroatoms. The van der Waals surface area contributed by atoms with Crippen LogP contribution in [0.4, 0.5) is 0 Å². The number of carbonyl (C=O) groups is 1. The lowest BCUT2D eigenvalue weighted by atomic mass is 10.1. The van der Waals surface area contributed by atoms with Crippen molar-refractivity contribution in [1.82, 2.24) is 5.32 Å². The van der Waals surface area contributed by atoms with Gasteiger partial charge in [-0.1, -0.05) is 23.3 Å². The maximum atomic E-state index is 10.3. The molecule has 0 rings (SSSR count). The molecule has 102 valence electrons. The fraction of sp³-hybridized carbons (Fsp3) is 0.562. The lowest BCUT2D eigenvalue weighted by Gasteiger charge is -2.04. The molecule has 0 aliphatic carbocycles.